The van der Waals surface area contributed by atoms with E-state index < -0.39 is 42.3 Å². The van der Waals surface area contributed by atoms with E-state index in [0.717, 1.165) is 0 Å². The van der Waals surface area contributed by atoms with Crippen molar-refractivity contribution < 1.29 is 38.1 Å². The number of hydrogen-bond donors (Lipinski definition) is 1. The lowest BCUT2D eigenvalue weighted by Gasteiger charge is -2.37. The number of nitrogens with two attached hydrogens (primary N) is 1. The van der Waals surface area contributed by atoms with Gasteiger partial charge in [0.1, 0.15) is 12.7 Å². The van der Waals surface area contributed by atoms with Crippen LogP contribution in [0, 0.1) is 0 Å². The van der Waals surface area contributed by atoms with Crippen molar-refractivity contribution in [3.63, 3.8) is 0 Å². The third kappa shape index (κ3) is 7.70. The van der Waals surface area contributed by atoms with Crippen molar-refractivity contribution >= 4 is 23.8 Å². The van der Waals surface area contributed by atoms with E-state index >= 15 is 0 Å². The molecule has 216 valence electrons. The molecule has 1 aliphatic rings. The average Bonchev–Trinajstić information content (AvgIpc) is 3.04. The van der Waals surface area contributed by atoms with Gasteiger partial charge in [-0.15, -0.1) is 0 Å². The monoisotopic (exact) mass is 570 g/mol. The molecule has 0 unspecified atom stereocenters. The van der Waals surface area contributed by atoms with E-state index in [4.69, 9.17) is 24.7 Å². The molecule has 2 N–H and O–H groups in total. The zero-order valence-corrected chi connectivity index (χ0v) is 22.8. The van der Waals surface area contributed by atoms with E-state index in [9.17, 15) is 19.2 Å². The van der Waals surface area contributed by atoms with Gasteiger partial charge in [0.2, 0.25) is 12.1 Å². The molecule has 0 bridgehead atoms. The molecule has 42 heavy (non-hydrogen) atoms. The van der Waals surface area contributed by atoms with E-state index in [1.54, 1.807) is 103 Å². The van der Waals surface area contributed by atoms with Crippen LogP contribution in [0.15, 0.2) is 115 Å². The number of nitrogens with zero attached hydrogens (tertiary/aromatic N) is 1. The van der Waals surface area contributed by atoms with E-state index in [-0.39, 0.29) is 29.7 Å². The minimum Gasteiger partial charge on any atom is -0.459 e. The van der Waals surface area contributed by atoms with Crippen LogP contribution < -0.4 is 5.73 Å². The van der Waals surface area contributed by atoms with E-state index in [1.165, 1.54) is 18.2 Å². The molecule has 0 saturated carbocycles. The Morgan fingerprint density at radius 2 is 1.26 bits per heavy atom. The fraction of sp³-hybridized carbons (Fsp3) is 0.188. The summed E-state index contributed by atoms with van der Waals surface area (Å²) in [7, 11) is 1.34. The van der Waals surface area contributed by atoms with Gasteiger partial charge in [-0.1, -0.05) is 60.7 Å². The van der Waals surface area contributed by atoms with Gasteiger partial charge in [-0.3, -0.25) is 4.79 Å². The minimum atomic E-state index is -1.36. The molecule has 10 heteroatoms. The first kappa shape index (κ1) is 29.8. The highest BCUT2D eigenvalue weighted by molar-refractivity contribution is 5.92. The zero-order chi connectivity index (χ0) is 29.9. The minimum absolute atomic E-state index is 0.231. The SMILES string of the molecule is CO[C@H](COC(=O)c1ccccc1)[C@@H](OC(=O)c1ccccc1)[C@@H](OC(=O)c1ccccc1)N1C=CCC(C(N)=O)=C1. The topological polar surface area (TPSA) is 134 Å². The molecule has 3 aromatic carbocycles. The number of ether oxygens (including phenoxy) is 4. The second-order valence-electron chi connectivity index (χ2n) is 9.19. The second kappa shape index (κ2) is 14.4. The lowest BCUT2D eigenvalue weighted by Crippen LogP contribution is -2.52. The van der Waals surface area contributed by atoms with Crippen molar-refractivity contribution in [2.45, 2.75) is 24.9 Å². The van der Waals surface area contributed by atoms with Gasteiger partial charge in [-0.05, 0) is 42.8 Å². The van der Waals surface area contributed by atoms with E-state index in [0.29, 0.717) is 5.56 Å². The van der Waals surface area contributed by atoms with Gasteiger partial charge < -0.3 is 29.6 Å². The summed E-state index contributed by atoms with van der Waals surface area (Å²) in [5, 5.41) is 0. The maximum atomic E-state index is 13.3. The Hall–Kier alpha value is -5.22. The first-order valence-corrected chi connectivity index (χ1v) is 13.1. The smallest absolute Gasteiger partial charge is 0.340 e. The van der Waals surface area contributed by atoms with Crippen molar-refractivity contribution in [2.24, 2.45) is 5.73 Å². The molecule has 3 aromatic rings. The molecular weight excluding hydrogens is 540 g/mol. The van der Waals surface area contributed by atoms with Crippen LogP contribution in [0.3, 0.4) is 0 Å². The number of amides is 1. The standard InChI is InChI=1S/C32H30N2O8/c1-39-26(21-40-30(36)22-12-5-2-6-13-22)27(41-31(37)23-14-7-3-8-15-23)29(34-19-11-18-25(20-34)28(33)35)42-32(38)24-16-9-4-10-17-24/h2-17,19-20,26-27,29H,18,21H2,1H3,(H2,33,35)/t26-,27-,29-/m1/s1. The highest BCUT2D eigenvalue weighted by atomic mass is 16.6. The van der Waals surface area contributed by atoms with Crippen LogP contribution in [0.25, 0.3) is 0 Å². The van der Waals surface area contributed by atoms with Gasteiger partial charge in [0.15, 0.2) is 6.10 Å². The lowest BCUT2D eigenvalue weighted by atomic mass is 10.1. The third-order valence-electron chi connectivity index (χ3n) is 6.36. The Kier molecular flexibility index (Phi) is 10.2. The molecule has 1 heterocycles. The van der Waals surface area contributed by atoms with E-state index in [1.807, 2.05) is 0 Å². The van der Waals surface area contributed by atoms with Crippen LogP contribution in [0.1, 0.15) is 37.5 Å². The van der Waals surface area contributed by atoms with Crippen LogP contribution in [0.5, 0.6) is 0 Å². The fourth-order valence-corrected chi connectivity index (χ4v) is 4.15. The van der Waals surface area contributed by atoms with Crippen molar-refractivity contribution in [1.82, 2.24) is 4.90 Å². The normalized spacial score (nSPS) is 14.6. The molecule has 3 atom stereocenters. The maximum Gasteiger partial charge on any atom is 0.340 e. The Balaban J connectivity index is 1.71. The highest BCUT2D eigenvalue weighted by Crippen LogP contribution is 2.24. The molecule has 0 aromatic heterocycles. The summed E-state index contributed by atoms with van der Waals surface area (Å²) < 4.78 is 23.0. The van der Waals surface area contributed by atoms with Crippen LogP contribution in [-0.2, 0) is 23.7 Å². The molecule has 0 spiro atoms. The van der Waals surface area contributed by atoms with Gasteiger partial charge in [0.05, 0.1) is 16.7 Å². The van der Waals surface area contributed by atoms with Crippen LogP contribution in [-0.4, -0.2) is 60.9 Å². The summed E-state index contributed by atoms with van der Waals surface area (Å²) in [6, 6.07) is 24.8. The van der Waals surface area contributed by atoms with Crippen molar-refractivity contribution in [1.29, 1.82) is 0 Å². The Morgan fingerprint density at radius 3 is 1.76 bits per heavy atom. The van der Waals surface area contributed by atoms with Gasteiger partial charge in [0.25, 0.3) is 0 Å². The number of primary amides is 1. The molecule has 0 fully saturated rings. The van der Waals surface area contributed by atoms with Crippen molar-refractivity contribution in [2.75, 3.05) is 13.7 Å². The molecule has 4 rings (SSSR count). The number of esters is 3. The lowest BCUT2D eigenvalue weighted by molar-refractivity contribution is -0.134. The number of allylic oxidation sites excluding steroid dienone is 1. The Morgan fingerprint density at radius 1 is 0.762 bits per heavy atom. The molecule has 0 aliphatic carbocycles. The summed E-state index contributed by atoms with van der Waals surface area (Å²) in [5.41, 5.74) is 6.54. The Bertz CT molecular complexity index is 1440. The quantitative estimate of drug-likeness (QED) is 0.254. The zero-order valence-electron chi connectivity index (χ0n) is 22.8. The number of methoxy groups -OCH3 is 1. The van der Waals surface area contributed by atoms with Gasteiger partial charge >= 0.3 is 17.9 Å². The number of carbonyl (C=O) groups is 4. The molecule has 1 aliphatic heterocycles. The first-order valence-electron chi connectivity index (χ1n) is 13.1. The van der Waals surface area contributed by atoms with Crippen LogP contribution in [0.2, 0.25) is 0 Å². The molecule has 1 amide bonds. The number of carbonyl (C=O) groups excluding carboxylic acids is 4. The van der Waals surface area contributed by atoms with E-state index in [2.05, 4.69) is 0 Å². The summed E-state index contributed by atoms with van der Waals surface area (Å²) in [5.74, 6) is -2.77. The number of hydrogen-bond acceptors (Lipinski definition) is 9. The van der Waals surface area contributed by atoms with Gasteiger partial charge in [0, 0.05) is 25.1 Å². The average molecular weight is 571 g/mol. The van der Waals surface area contributed by atoms with Crippen LogP contribution in [0.4, 0.5) is 0 Å². The third-order valence-corrected chi connectivity index (χ3v) is 6.36. The maximum absolute atomic E-state index is 13.3. The summed E-state index contributed by atoms with van der Waals surface area (Å²) in [6.07, 6.45) is 1.06. The molecule has 0 radical (unpaired) electrons. The molecule has 10 nitrogen and oxygen atoms in total. The highest BCUT2D eigenvalue weighted by Gasteiger charge is 2.40. The Labute approximate surface area is 242 Å². The number of rotatable bonds is 12. The summed E-state index contributed by atoms with van der Waals surface area (Å²) in [6.45, 7) is -0.361. The van der Waals surface area contributed by atoms with Gasteiger partial charge in [-0.2, -0.15) is 0 Å². The number of benzene rings is 3. The largest absolute Gasteiger partial charge is 0.459 e. The second-order valence-corrected chi connectivity index (χ2v) is 9.19. The molecular formula is C32H30N2O8. The van der Waals surface area contributed by atoms with Crippen LogP contribution >= 0.6 is 0 Å². The molecule has 0 saturated heterocycles. The predicted molar refractivity (Wildman–Crippen MR) is 152 cm³/mol. The predicted octanol–water partition coefficient (Wildman–Crippen LogP) is 3.86. The van der Waals surface area contributed by atoms with Crippen molar-refractivity contribution in [3.8, 4) is 0 Å². The summed E-state index contributed by atoms with van der Waals surface area (Å²) in [4.78, 5) is 52.7. The van der Waals surface area contributed by atoms with Gasteiger partial charge in [-0.25, -0.2) is 14.4 Å². The van der Waals surface area contributed by atoms with Crippen molar-refractivity contribution in [3.05, 3.63) is 132 Å². The fourth-order valence-electron chi connectivity index (χ4n) is 4.15. The summed E-state index contributed by atoms with van der Waals surface area (Å²) >= 11 is 0. The first-order chi connectivity index (χ1) is 20.4.